The molecule has 2 atom stereocenters. The van der Waals surface area contributed by atoms with Crippen LogP contribution in [0.5, 0.6) is 0 Å². The molecule has 1 aromatic heterocycles. The lowest BCUT2D eigenvalue weighted by Gasteiger charge is -2.26. The molecule has 0 aromatic carbocycles. The van der Waals surface area contributed by atoms with Crippen LogP contribution in [0.2, 0.25) is 0 Å². The lowest BCUT2D eigenvalue weighted by molar-refractivity contribution is 0.531. The first-order valence-electron chi connectivity index (χ1n) is 5.10. The van der Waals surface area contributed by atoms with E-state index >= 15 is 0 Å². The summed E-state index contributed by atoms with van der Waals surface area (Å²) < 4.78 is 15.5. The van der Waals surface area contributed by atoms with Gasteiger partial charge in [0.15, 0.2) is 0 Å². The van der Waals surface area contributed by atoms with Gasteiger partial charge in [0.2, 0.25) is 0 Å². The maximum atomic E-state index is 11.9. The Morgan fingerprint density at radius 1 is 1.44 bits per heavy atom. The van der Waals surface area contributed by atoms with Crippen molar-refractivity contribution in [1.82, 2.24) is 9.71 Å². The van der Waals surface area contributed by atoms with Gasteiger partial charge in [0.05, 0.1) is 6.04 Å². The summed E-state index contributed by atoms with van der Waals surface area (Å²) in [5, 5.41) is 0. The summed E-state index contributed by atoms with van der Waals surface area (Å²) in [5.41, 5.74) is 1.03. The molecule has 5 heteroatoms. The molecule has 0 amide bonds. The number of halogens is 1. The average Bonchev–Trinajstić information content (AvgIpc) is 2.17. The first kappa shape index (κ1) is 14.0. The number of hydrogen-bond donors (Lipinski definition) is 1. The third kappa shape index (κ3) is 4.05. The average molecular weight is 305 g/mol. The van der Waals surface area contributed by atoms with E-state index in [9.17, 15) is 4.55 Å². The molecule has 1 N–H and O–H groups in total. The second-order valence-electron chi connectivity index (χ2n) is 4.63. The number of aromatic nitrogens is 1. The molecule has 0 radical (unpaired) electrons. The summed E-state index contributed by atoms with van der Waals surface area (Å²) in [6.07, 6.45) is 1.78. The summed E-state index contributed by atoms with van der Waals surface area (Å²) in [4.78, 5) is 4.15. The second kappa shape index (κ2) is 5.49. The Bertz CT molecular complexity index is 337. The molecule has 0 aliphatic carbocycles. The monoisotopic (exact) mass is 304 g/mol. The summed E-state index contributed by atoms with van der Waals surface area (Å²) in [6, 6.07) is 3.88. The standard InChI is InChI=1S/C11H17BrN2OS/c1-8(14-16(15)11(2,3)4)9-5-6-10(12)13-7-9/h5-8,14H,1-4H3/t8?,16-/m1/s1. The van der Waals surface area contributed by atoms with Crippen molar-refractivity contribution in [2.75, 3.05) is 0 Å². The van der Waals surface area contributed by atoms with E-state index in [-0.39, 0.29) is 10.8 Å². The SMILES string of the molecule is CC(N[S@+]([O-])C(C)(C)C)c1ccc(Br)nc1. The highest BCUT2D eigenvalue weighted by Crippen LogP contribution is 2.19. The summed E-state index contributed by atoms with van der Waals surface area (Å²) in [5.74, 6) is 0. The number of nitrogens with one attached hydrogen (secondary N) is 1. The van der Waals surface area contributed by atoms with Crippen molar-refractivity contribution in [1.29, 1.82) is 0 Å². The molecule has 1 rings (SSSR count). The van der Waals surface area contributed by atoms with Crippen molar-refractivity contribution in [2.45, 2.75) is 38.5 Å². The predicted octanol–water partition coefficient (Wildman–Crippen LogP) is 2.96. The van der Waals surface area contributed by atoms with Crippen LogP contribution in [0.25, 0.3) is 0 Å². The largest absolute Gasteiger partial charge is 0.598 e. The van der Waals surface area contributed by atoms with Gasteiger partial charge >= 0.3 is 0 Å². The highest BCUT2D eigenvalue weighted by molar-refractivity contribution is 9.10. The minimum atomic E-state index is -1.06. The Balaban J connectivity index is 2.65. The summed E-state index contributed by atoms with van der Waals surface area (Å²) >= 11 is 2.22. The van der Waals surface area contributed by atoms with Gasteiger partial charge in [-0.15, -0.1) is 4.72 Å². The Morgan fingerprint density at radius 3 is 2.50 bits per heavy atom. The molecule has 0 aliphatic rings. The molecular formula is C11H17BrN2OS. The van der Waals surface area contributed by atoms with Crippen LogP contribution in [0.4, 0.5) is 0 Å². The molecule has 0 spiro atoms. The lowest BCUT2D eigenvalue weighted by Crippen LogP contribution is -2.40. The fourth-order valence-corrected chi connectivity index (χ4v) is 2.09. The van der Waals surface area contributed by atoms with Gasteiger partial charge < -0.3 is 4.55 Å². The fourth-order valence-electron chi connectivity index (χ4n) is 1.05. The van der Waals surface area contributed by atoms with E-state index in [1.54, 1.807) is 6.20 Å². The molecule has 0 saturated carbocycles. The van der Waals surface area contributed by atoms with Crippen molar-refractivity contribution in [2.24, 2.45) is 0 Å². The molecule has 1 aromatic rings. The zero-order chi connectivity index (χ0) is 12.3. The van der Waals surface area contributed by atoms with Gasteiger partial charge in [-0.1, -0.05) is 6.07 Å². The lowest BCUT2D eigenvalue weighted by atomic mass is 10.2. The molecule has 1 heterocycles. The number of hydrogen-bond acceptors (Lipinski definition) is 3. The van der Waals surface area contributed by atoms with Crippen LogP contribution in [0, 0.1) is 0 Å². The van der Waals surface area contributed by atoms with E-state index < -0.39 is 11.4 Å². The predicted molar refractivity (Wildman–Crippen MR) is 71.4 cm³/mol. The van der Waals surface area contributed by atoms with E-state index in [1.165, 1.54) is 0 Å². The third-order valence-corrected chi connectivity index (χ3v) is 4.24. The molecule has 0 bridgehead atoms. The van der Waals surface area contributed by atoms with Crippen molar-refractivity contribution < 1.29 is 4.55 Å². The van der Waals surface area contributed by atoms with Crippen molar-refractivity contribution in [3.8, 4) is 0 Å². The molecule has 0 saturated heterocycles. The maximum absolute atomic E-state index is 11.9. The first-order chi connectivity index (χ1) is 7.30. The minimum absolute atomic E-state index is 0.0284. The quantitative estimate of drug-likeness (QED) is 0.690. The third-order valence-electron chi connectivity index (χ3n) is 2.09. The first-order valence-corrected chi connectivity index (χ1v) is 7.04. The van der Waals surface area contributed by atoms with E-state index in [1.807, 2.05) is 39.8 Å². The van der Waals surface area contributed by atoms with E-state index in [2.05, 4.69) is 25.6 Å². The highest BCUT2D eigenvalue weighted by Gasteiger charge is 2.28. The van der Waals surface area contributed by atoms with Gasteiger partial charge in [-0.25, -0.2) is 4.98 Å². The second-order valence-corrected chi connectivity index (χ2v) is 7.45. The Morgan fingerprint density at radius 2 is 2.06 bits per heavy atom. The Labute approximate surface area is 108 Å². The molecular weight excluding hydrogens is 288 g/mol. The van der Waals surface area contributed by atoms with Crippen LogP contribution >= 0.6 is 15.9 Å². The van der Waals surface area contributed by atoms with Gasteiger partial charge in [-0.05, 0) is 55.3 Å². The van der Waals surface area contributed by atoms with Crippen molar-refractivity contribution >= 4 is 27.3 Å². The van der Waals surface area contributed by atoms with Crippen LogP contribution in [0.15, 0.2) is 22.9 Å². The van der Waals surface area contributed by atoms with Crippen LogP contribution in [-0.2, 0) is 11.4 Å². The molecule has 0 fully saturated rings. The molecule has 0 aliphatic heterocycles. The fraction of sp³-hybridized carbons (Fsp3) is 0.545. The van der Waals surface area contributed by atoms with Gasteiger partial charge in [-0.2, -0.15) is 0 Å². The van der Waals surface area contributed by atoms with Gasteiger partial charge in [0, 0.05) is 17.6 Å². The maximum Gasteiger partial charge on any atom is 0.136 e. The van der Waals surface area contributed by atoms with Crippen LogP contribution in [-0.4, -0.2) is 14.3 Å². The Hall–Kier alpha value is -0.100. The van der Waals surface area contributed by atoms with E-state index in [0.717, 1.165) is 10.2 Å². The summed E-state index contributed by atoms with van der Waals surface area (Å²) in [6.45, 7) is 7.82. The summed E-state index contributed by atoms with van der Waals surface area (Å²) in [7, 11) is 0. The van der Waals surface area contributed by atoms with E-state index in [4.69, 9.17) is 0 Å². The number of pyridine rings is 1. The van der Waals surface area contributed by atoms with Gasteiger partial charge in [0.1, 0.15) is 9.35 Å². The molecule has 1 unspecified atom stereocenters. The zero-order valence-electron chi connectivity index (χ0n) is 9.95. The molecule has 90 valence electrons. The van der Waals surface area contributed by atoms with Crippen LogP contribution < -0.4 is 4.72 Å². The Kier molecular flexibility index (Phi) is 4.79. The zero-order valence-corrected chi connectivity index (χ0v) is 12.4. The van der Waals surface area contributed by atoms with Gasteiger partial charge in [0.25, 0.3) is 0 Å². The smallest absolute Gasteiger partial charge is 0.136 e. The van der Waals surface area contributed by atoms with Crippen molar-refractivity contribution in [3.63, 3.8) is 0 Å². The molecule has 3 nitrogen and oxygen atoms in total. The number of rotatable bonds is 3. The number of nitrogens with zero attached hydrogens (tertiary/aromatic N) is 1. The molecule has 16 heavy (non-hydrogen) atoms. The van der Waals surface area contributed by atoms with Crippen molar-refractivity contribution in [3.05, 3.63) is 28.5 Å². The van der Waals surface area contributed by atoms with Crippen LogP contribution in [0.1, 0.15) is 39.3 Å². The van der Waals surface area contributed by atoms with Gasteiger partial charge in [-0.3, -0.25) is 0 Å². The highest BCUT2D eigenvalue weighted by atomic mass is 79.9. The van der Waals surface area contributed by atoms with E-state index in [0.29, 0.717) is 0 Å². The normalized spacial score (nSPS) is 15.9. The topological polar surface area (TPSA) is 48.0 Å². The minimum Gasteiger partial charge on any atom is -0.598 e. The van der Waals surface area contributed by atoms with Crippen LogP contribution in [0.3, 0.4) is 0 Å².